The monoisotopic (exact) mass is 340 g/mol. The zero-order chi connectivity index (χ0) is 15.9. The minimum absolute atomic E-state index is 0.166. The number of aliphatic hydroxyl groups is 1. The van der Waals surface area contributed by atoms with E-state index in [0.29, 0.717) is 10.6 Å². The standard InChI is InChI=1S/C16H14ClFO3S/c17-11-4-6-13(7-5-11)22(20,21)16-14(9-19)15(16)10-2-1-3-12(18)8-10/h1-8,14-16,19H,9H2/t14-,15-,16-/m0/s1. The average Bonchev–Trinajstić information content (AvgIpc) is 3.23. The second-order valence-electron chi connectivity index (χ2n) is 5.39. The van der Waals surface area contributed by atoms with E-state index in [1.54, 1.807) is 12.1 Å². The van der Waals surface area contributed by atoms with Gasteiger partial charge in [-0.05, 0) is 42.0 Å². The third-order valence-electron chi connectivity index (χ3n) is 4.04. The summed E-state index contributed by atoms with van der Waals surface area (Å²) in [7, 11) is -3.60. The Morgan fingerprint density at radius 1 is 1.14 bits per heavy atom. The summed E-state index contributed by atoms with van der Waals surface area (Å²) in [4.78, 5) is 0.166. The Morgan fingerprint density at radius 2 is 1.82 bits per heavy atom. The SMILES string of the molecule is O=S(=O)(c1ccc(Cl)cc1)[C@H]1[C@@H](CO)[C@@H]1c1cccc(F)c1. The van der Waals surface area contributed by atoms with Gasteiger partial charge in [0.1, 0.15) is 5.82 Å². The van der Waals surface area contributed by atoms with E-state index < -0.39 is 26.8 Å². The first-order valence-electron chi connectivity index (χ1n) is 6.81. The van der Waals surface area contributed by atoms with Crippen LogP contribution in [0.2, 0.25) is 5.02 Å². The molecule has 0 spiro atoms. The first-order valence-corrected chi connectivity index (χ1v) is 8.73. The maximum Gasteiger partial charge on any atom is 0.182 e. The number of benzene rings is 2. The normalized spacial score (nSPS) is 24.2. The molecule has 3 rings (SSSR count). The molecule has 116 valence electrons. The summed E-state index contributed by atoms with van der Waals surface area (Å²) in [5.74, 6) is -1.22. The van der Waals surface area contributed by atoms with Gasteiger partial charge in [0.2, 0.25) is 0 Å². The van der Waals surface area contributed by atoms with Crippen molar-refractivity contribution in [3.63, 3.8) is 0 Å². The van der Waals surface area contributed by atoms with Gasteiger partial charge in [0, 0.05) is 23.5 Å². The Balaban J connectivity index is 1.95. The summed E-state index contributed by atoms with van der Waals surface area (Å²) in [6.07, 6.45) is 0. The lowest BCUT2D eigenvalue weighted by Crippen LogP contribution is -2.11. The zero-order valence-electron chi connectivity index (χ0n) is 11.5. The van der Waals surface area contributed by atoms with Gasteiger partial charge in [-0.2, -0.15) is 0 Å². The van der Waals surface area contributed by atoms with Crippen molar-refractivity contribution in [1.82, 2.24) is 0 Å². The summed E-state index contributed by atoms with van der Waals surface area (Å²) < 4.78 is 38.7. The Labute approximate surface area is 133 Å². The molecule has 1 fully saturated rings. The first kappa shape index (κ1) is 15.5. The molecule has 1 aliphatic rings. The van der Waals surface area contributed by atoms with Gasteiger partial charge >= 0.3 is 0 Å². The number of rotatable bonds is 4. The highest BCUT2D eigenvalue weighted by molar-refractivity contribution is 7.92. The van der Waals surface area contributed by atoms with E-state index in [4.69, 9.17) is 11.6 Å². The molecule has 2 aromatic carbocycles. The molecule has 0 aliphatic heterocycles. The van der Waals surface area contributed by atoms with E-state index in [-0.39, 0.29) is 17.4 Å². The molecule has 0 amide bonds. The summed E-state index contributed by atoms with van der Waals surface area (Å²) in [6, 6.07) is 11.8. The fourth-order valence-corrected chi connectivity index (χ4v) is 5.24. The molecule has 1 aliphatic carbocycles. The second kappa shape index (κ2) is 5.65. The lowest BCUT2D eigenvalue weighted by atomic mass is 10.1. The maximum atomic E-state index is 13.4. The number of hydrogen-bond donors (Lipinski definition) is 1. The first-order chi connectivity index (χ1) is 10.4. The summed E-state index contributed by atoms with van der Waals surface area (Å²) >= 11 is 5.78. The summed E-state index contributed by atoms with van der Waals surface area (Å²) in [5, 5.41) is 9.17. The molecular weight excluding hydrogens is 327 g/mol. The average molecular weight is 341 g/mol. The van der Waals surface area contributed by atoms with Gasteiger partial charge in [-0.1, -0.05) is 23.7 Å². The maximum absolute atomic E-state index is 13.4. The smallest absolute Gasteiger partial charge is 0.182 e. The van der Waals surface area contributed by atoms with Gasteiger partial charge in [-0.3, -0.25) is 0 Å². The summed E-state index contributed by atoms with van der Waals surface area (Å²) in [5.41, 5.74) is 0.599. The van der Waals surface area contributed by atoms with Crippen molar-refractivity contribution in [3.05, 3.63) is 64.9 Å². The van der Waals surface area contributed by atoms with Gasteiger partial charge < -0.3 is 5.11 Å². The fourth-order valence-electron chi connectivity index (χ4n) is 2.92. The molecule has 2 aromatic rings. The number of hydrogen-bond acceptors (Lipinski definition) is 3. The van der Waals surface area contributed by atoms with Crippen LogP contribution in [0.4, 0.5) is 4.39 Å². The van der Waals surface area contributed by atoms with Crippen molar-refractivity contribution < 1.29 is 17.9 Å². The molecule has 0 bridgehead atoms. The van der Waals surface area contributed by atoms with Crippen LogP contribution in [0.5, 0.6) is 0 Å². The lowest BCUT2D eigenvalue weighted by molar-refractivity contribution is 0.274. The van der Waals surface area contributed by atoms with Crippen molar-refractivity contribution in [1.29, 1.82) is 0 Å². The van der Waals surface area contributed by atoms with E-state index in [9.17, 15) is 17.9 Å². The highest BCUT2D eigenvalue weighted by Gasteiger charge is 2.58. The van der Waals surface area contributed by atoms with E-state index in [2.05, 4.69) is 0 Å². The van der Waals surface area contributed by atoms with Crippen LogP contribution in [-0.2, 0) is 9.84 Å². The Kier molecular flexibility index (Phi) is 3.97. The Morgan fingerprint density at radius 3 is 2.41 bits per heavy atom. The zero-order valence-corrected chi connectivity index (χ0v) is 13.1. The molecule has 1 saturated carbocycles. The third-order valence-corrected chi connectivity index (χ3v) is 6.58. The van der Waals surface area contributed by atoms with Gasteiger partial charge in [0.05, 0.1) is 10.1 Å². The highest BCUT2D eigenvalue weighted by atomic mass is 35.5. The highest BCUT2D eigenvalue weighted by Crippen LogP contribution is 2.53. The molecule has 1 N–H and O–H groups in total. The molecule has 0 aromatic heterocycles. The topological polar surface area (TPSA) is 54.4 Å². The molecule has 3 nitrogen and oxygen atoms in total. The Hall–Kier alpha value is -1.43. The van der Waals surface area contributed by atoms with Crippen LogP contribution in [0.3, 0.4) is 0 Å². The minimum Gasteiger partial charge on any atom is -0.396 e. The van der Waals surface area contributed by atoms with Crippen LogP contribution in [0, 0.1) is 11.7 Å². The van der Waals surface area contributed by atoms with Crippen LogP contribution in [0.25, 0.3) is 0 Å². The van der Waals surface area contributed by atoms with Gasteiger partial charge in [-0.25, -0.2) is 12.8 Å². The Bertz CT molecular complexity index is 789. The van der Waals surface area contributed by atoms with E-state index in [1.165, 1.54) is 36.4 Å². The van der Waals surface area contributed by atoms with Crippen LogP contribution in [-0.4, -0.2) is 25.4 Å². The minimum atomic E-state index is -3.60. The third kappa shape index (κ3) is 2.64. The lowest BCUT2D eigenvalue weighted by Gasteiger charge is -2.04. The van der Waals surface area contributed by atoms with Crippen molar-refractivity contribution >= 4 is 21.4 Å². The molecule has 22 heavy (non-hydrogen) atoms. The molecule has 3 atom stereocenters. The van der Waals surface area contributed by atoms with Crippen molar-refractivity contribution in [2.45, 2.75) is 16.1 Å². The predicted molar refractivity (Wildman–Crippen MR) is 82.1 cm³/mol. The number of sulfone groups is 1. The molecular formula is C16H14ClFO3S. The van der Waals surface area contributed by atoms with Crippen molar-refractivity contribution in [2.75, 3.05) is 6.61 Å². The quantitative estimate of drug-likeness (QED) is 0.930. The van der Waals surface area contributed by atoms with Crippen molar-refractivity contribution in [3.8, 4) is 0 Å². The van der Waals surface area contributed by atoms with Crippen LogP contribution in [0.1, 0.15) is 11.5 Å². The van der Waals surface area contributed by atoms with E-state index in [0.717, 1.165) is 0 Å². The molecule has 0 radical (unpaired) electrons. The second-order valence-corrected chi connectivity index (χ2v) is 7.93. The predicted octanol–water partition coefficient (Wildman–Crippen LogP) is 3.03. The van der Waals surface area contributed by atoms with E-state index in [1.807, 2.05) is 0 Å². The molecule has 0 heterocycles. The van der Waals surface area contributed by atoms with E-state index >= 15 is 0 Å². The van der Waals surface area contributed by atoms with Crippen molar-refractivity contribution in [2.24, 2.45) is 5.92 Å². The largest absolute Gasteiger partial charge is 0.396 e. The molecule has 0 unspecified atom stereocenters. The van der Waals surface area contributed by atoms with Gasteiger partial charge in [-0.15, -0.1) is 0 Å². The fraction of sp³-hybridized carbons (Fsp3) is 0.250. The van der Waals surface area contributed by atoms with Gasteiger partial charge in [0.15, 0.2) is 9.84 Å². The van der Waals surface area contributed by atoms with Crippen LogP contribution < -0.4 is 0 Å². The number of halogens is 2. The van der Waals surface area contributed by atoms with Gasteiger partial charge in [0.25, 0.3) is 0 Å². The summed E-state index contributed by atoms with van der Waals surface area (Å²) in [6.45, 7) is -0.251. The number of aliphatic hydroxyl groups excluding tert-OH is 1. The van der Waals surface area contributed by atoms with Crippen LogP contribution >= 0.6 is 11.6 Å². The molecule has 6 heteroatoms. The molecule has 0 saturated heterocycles. The van der Waals surface area contributed by atoms with Crippen LogP contribution in [0.15, 0.2) is 53.4 Å².